The number of hydrogen-bond acceptors (Lipinski definition) is 3. The normalized spacial score (nSPS) is 25.1. The summed E-state index contributed by atoms with van der Waals surface area (Å²) in [5, 5.41) is 0. The summed E-state index contributed by atoms with van der Waals surface area (Å²) in [6.07, 6.45) is 2.92. The second kappa shape index (κ2) is 5.19. The first-order valence-electron chi connectivity index (χ1n) is 7.47. The molecule has 0 aromatic rings. The molecule has 2 heterocycles. The molecular formula is C15H26BNO3. The van der Waals surface area contributed by atoms with E-state index in [9.17, 15) is 4.79 Å². The van der Waals surface area contributed by atoms with Crippen LogP contribution in [0.25, 0.3) is 0 Å². The zero-order valence-electron chi connectivity index (χ0n) is 13.5. The van der Waals surface area contributed by atoms with Gasteiger partial charge in [0.25, 0.3) is 0 Å². The lowest BCUT2D eigenvalue weighted by Crippen LogP contribution is -2.41. The van der Waals surface area contributed by atoms with E-state index >= 15 is 0 Å². The van der Waals surface area contributed by atoms with Crippen molar-refractivity contribution in [3.63, 3.8) is 0 Å². The Hall–Kier alpha value is -0.805. The standard InChI is InChI=1S/C15H26BNO3/c1-11(2)13(18)17-9-7-12(8-10-17)16-19-14(3,4)15(5,6)20-16/h7,11H,8-10H2,1-6H3. The molecule has 0 bridgehead atoms. The second-order valence-corrected chi connectivity index (χ2v) is 7.06. The number of carbonyl (C=O) groups is 1. The molecule has 4 nitrogen and oxygen atoms in total. The second-order valence-electron chi connectivity index (χ2n) is 7.06. The highest BCUT2D eigenvalue weighted by Crippen LogP contribution is 2.39. The van der Waals surface area contributed by atoms with Crippen LogP contribution < -0.4 is 0 Å². The minimum atomic E-state index is -0.302. The van der Waals surface area contributed by atoms with E-state index in [0.29, 0.717) is 6.54 Å². The van der Waals surface area contributed by atoms with Crippen molar-refractivity contribution in [2.24, 2.45) is 5.92 Å². The van der Waals surface area contributed by atoms with Crippen LogP contribution in [0.5, 0.6) is 0 Å². The summed E-state index contributed by atoms with van der Waals surface area (Å²) in [6, 6.07) is 0. The maximum Gasteiger partial charge on any atom is 0.490 e. The molecule has 0 spiro atoms. The molecule has 0 aromatic carbocycles. The van der Waals surface area contributed by atoms with Gasteiger partial charge in [-0.05, 0) is 39.6 Å². The smallest absolute Gasteiger partial charge is 0.400 e. The Labute approximate surface area is 122 Å². The maximum atomic E-state index is 12.0. The molecule has 0 atom stereocenters. The monoisotopic (exact) mass is 279 g/mol. The van der Waals surface area contributed by atoms with Crippen LogP contribution in [0, 0.1) is 5.92 Å². The van der Waals surface area contributed by atoms with E-state index in [0.717, 1.165) is 18.4 Å². The Morgan fingerprint density at radius 1 is 1.25 bits per heavy atom. The lowest BCUT2D eigenvalue weighted by atomic mass is 9.74. The van der Waals surface area contributed by atoms with E-state index in [1.165, 1.54) is 0 Å². The molecule has 2 aliphatic rings. The van der Waals surface area contributed by atoms with Crippen LogP contribution in [0.2, 0.25) is 0 Å². The largest absolute Gasteiger partial charge is 0.490 e. The van der Waals surface area contributed by atoms with Gasteiger partial charge in [0.1, 0.15) is 0 Å². The van der Waals surface area contributed by atoms with Gasteiger partial charge in [0.05, 0.1) is 11.2 Å². The first-order chi connectivity index (χ1) is 9.14. The molecule has 1 amide bonds. The van der Waals surface area contributed by atoms with Crippen molar-refractivity contribution < 1.29 is 14.1 Å². The summed E-state index contributed by atoms with van der Waals surface area (Å²) >= 11 is 0. The molecule has 20 heavy (non-hydrogen) atoms. The molecular weight excluding hydrogens is 253 g/mol. The molecule has 0 aromatic heterocycles. The summed E-state index contributed by atoms with van der Waals surface area (Å²) in [7, 11) is -0.267. The third kappa shape index (κ3) is 2.79. The predicted octanol–water partition coefficient (Wildman–Crippen LogP) is 2.43. The van der Waals surface area contributed by atoms with Crippen LogP contribution in [0.15, 0.2) is 11.5 Å². The van der Waals surface area contributed by atoms with Gasteiger partial charge in [-0.3, -0.25) is 4.79 Å². The fraction of sp³-hybridized carbons (Fsp3) is 0.800. The number of nitrogens with zero attached hydrogens (tertiary/aromatic N) is 1. The molecule has 1 saturated heterocycles. The fourth-order valence-corrected chi connectivity index (χ4v) is 2.46. The van der Waals surface area contributed by atoms with E-state index in [4.69, 9.17) is 9.31 Å². The van der Waals surface area contributed by atoms with Gasteiger partial charge >= 0.3 is 7.12 Å². The molecule has 1 fully saturated rings. The summed E-state index contributed by atoms with van der Waals surface area (Å²) < 4.78 is 12.1. The van der Waals surface area contributed by atoms with E-state index in [1.807, 2.05) is 18.7 Å². The van der Waals surface area contributed by atoms with E-state index in [-0.39, 0.29) is 30.1 Å². The van der Waals surface area contributed by atoms with Gasteiger partial charge < -0.3 is 14.2 Å². The third-order valence-corrected chi connectivity index (χ3v) is 4.61. The lowest BCUT2D eigenvalue weighted by Gasteiger charge is -2.32. The first kappa shape index (κ1) is 15.6. The van der Waals surface area contributed by atoms with Crippen molar-refractivity contribution in [3.05, 3.63) is 11.5 Å². The topological polar surface area (TPSA) is 38.8 Å². The summed E-state index contributed by atoms with van der Waals surface area (Å²) in [5.41, 5.74) is 0.559. The first-order valence-corrected chi connectivity index (χ1v) is 7.47. The van der Waals surface area contributed by atoms with Gasteiger partial charge in [-0.15, -0.1) is 0 Å². The zero-order chi connectivity index (χ0) is 15.1. The zero-order valence-corrected chi connectivity index (χ0v) is 13.5. The Balaban J connectivity index is 2.02. The number of amides is 1. The Morgan fingerprint density at radius 2 is 1.80 bits per heavy atom. The third-order valence-electron chi connectivity index (χ3n) is 4.61. The van der Waals surface area contributed by atoms with Crippen LogP contribution in [0.3, 0.4) is 0 Å². The summed E-state index contributed by atoms with van der Waals surface area (Å²) in [4.78, 5) is 13.9. The number of rotatable bonds is 2. The van der Waals surface area contributed by atoms with E-state index in [1.54, 1.807) is 0 Å². The molecule has 0 saturated carbocycles. The van der Waals surface area contributed by atoms with Gasteiger partial charge in [-0.1, -0.05) is 19.9 Å². The molecule has 2 aliphatic heterocycles. The van der Waals surface area contributed by atoms with Crippen LogP contribution in [0.1, 0.15) is 48.0 Å². The van der Waals surface area contributed by atoms with E-state index < -0.39 is 0 Å². The van der Waals surface area contributed by atoms with Crippen molar-refractivity contribution >= 4 is 13.0 Å². The van der Waals surface area contributed by atoms with Crippen LogP contribution >= 0.6 is 0 Å². The molecule has 0 unspecified atom stereocenters. The van der Waals surface area contributed by atoms with Crippen molar-refractivity contribution in [1.29, 1.82) is 0 Å². The molecule has 0 N–H and O–H groups in total. The van der Waals surface area contributed by atoms with Gasteiger partial charge in [0.2, 0.25) is 5.91 Å². The highest BCUT2D eigenvalue weighted by molar-refractivity contribution is 6.54. The van der Waals surface area contributed by atoms with Crippen molar-refractivity contribution in [2.45, 2.75) is 59.2 Å². The maximum absolute atomic E-state index is 12.0. The highest BCUT2D eigenvalue weighted by Gasteiger charge is 2.52. The molecule has 5 heteroatoms. The van der Waals surface area contributed by atoms with Crippen molar-refractivity contribution in [2.75, 3.05) is 13.1 Å². The molecule has 112 valence electrons. The minimum Gasteiger partial charge on any atom is -0.400 e. The van der Waals surface area contributed by atoms with Crippen molar-refractivity contribution in [3.8, 4) is 0 Å². The summed E-state index contributed by atoms with van der Waals surface area (Å²) in [6.45, 7) is 13.5. The lowest BCUT2D eigenvalue weighted by molar-refractivity contribution is -0.134. The van der Waals surface area contributed by atoms with Crippen LogP contribution in [-0.2, 0) is 14.1 Å². The minimum absolute atomic E-state index is 0.0572. The van der Waals surface area contributed by atoms with Gasteiger partial charge in [0.15, 0.2) is 0 Å². The summed E-state index contributed by atoms with van der Waals surface area (Å²) in [5.74, 6) is 0.274. The molecule has 0 radical (unpaired) electrons. The number of carbonyl (C=O) groups excluding carboxylic acids is 1. The van der Waals surface area contributed by atoms with Crippen LogP contribution in [-0.4, -0.2) is 42.2 Å². The van der Waals surface area contributed by atoms with E-state index in [2.05, 4.69) is 33.8 Å². The fourth-order valence-electron chi connectivity index (χ4n) is 2.46. The highest BCUT2D eigenvalue weighted by atomic mass is 16.7. The average molecular weight is 279 g/mol. The Kier molecular flexibility index (Phi) is 4.04. The average Bonchev–Trinajstić information content (AvgIpc) is 2.57. The SMILES string of the molecule is CC(C)C(=O)N1CC=C(B2OC(C)(C)C(C)(C)O2)CC1. The molecule has 2 rings (SSSR count). The van der Waals surface area contributed by atoms with Gasteiger partial charge in [-0.25, -0.2) is 0 Å². The number of hydrogen-bond donors (Lipinski definition) is 0. The Morgan fingerprint density at radius 3 is 2.20 bits per heavy atom. The van der Waals surface area contributed by atoms with Crippen LogP contribution in [0.4, 0.5) is 0 Å². The van der Waals surface area contributed by atoms with Gasteiger partial charge in [-0.2, -0.15) is 0 Å². The van der Waals surface area contributed by atoms with Crippen molar-refractivity contribution in [1.82, 2.24) is 4.90 Å². The van der Waals surface area contributed by atoms with Gasteiger partial charge in [0, 0.05) is 19.0 Å². The molecule has 0 aliphatic carbocycles. The predicted molar refractivity (Wildman–Crippen MR) is 80.2 cm³/mol. The quantitative estimate of drug-likeness (QED) is 0.729. The Bertz CT molecular complexity index is 413.